The van der Waals surface area contributed by atoms with Gasteiger partial charge in [-0.05, 0) is 19.3 Å². The fourth-order valence-corrected chi connectivity index (χ4v) is 1.93. The summed E-state index contributed by atoms with van der Waals surface area (Å²) in [7, 11) is 0. The highest BCUT2D eigenvalue weighted by molar-refractivity contribution is 5.85. The third-order valence-corrected chi connectivity index (χ3v) is 3.08. The van der Waals surface area contributed by atoms with Gasteiger partial charge in [-0.25, -0.2) is 0 Å². The Labute approximate surface area is 102 Å². The maximum Gasteiger partial charge on any atom is 0.239 e. The summed E-state index contributed by atoms with van der Waals surface area (Å²) in [6.45, 7) is 2.63. The summed E-state index contributed by atoms with van der Waals surface area (Å²) in [5.41, 5.74) is 0. The largest absolute Gasteiger partial charge is 0.394 e. The number of hydrogen-bond donors (Lipinski definition) is 2. The van der Waals surface area contributed by atoms with Crippen LogP contribution in [-0.2, 0) is 9.59 Å². The van der Waals surface area contributed by atoms with E-state index < -0.39 is 0 Å². The van der Waals surface area contributed by atoms with Gasteiger partial charge in [0, 0.05) is 13.0 Å². The molecule has 98 valence electrons. The van der Waals surface area contributed by atoms with Crippen molar-refractivity contribution in [3.63, 3.8) is 0 Å². The first-order chi connectivity index (χ1) is 8.17. The van der Waals surface area contributed by atoms with Crippen LogP contribution < -0.4 is 5.32 Å². The Hall–Kier alpha value is -1.10. The second-order valence-corrected chi connectivity index (χ2v) is 4.48. The van der Waals surface area contributed by atoms with Crippen molar-refractivity contribution in [3.8, 4) is 0 Å². The summed E-state index contributed by atoms with van der Waals surface area (Å²) in [6.07, 6.45) is 4.18. The zero-order chi connectivity index (χ0) is 12.7. The number of nitrogens with zero attached hydrogens (tertiary/aromatic N) is 1. The first kappa shape index (κ1) is 14.0. The van der Waals surface area contributed by atoms with E-state index >= 15 is 0 Å². The van der Waals surface area contributed by atoms with E-state index in [0.29, 0.717) is 19.4 Å². The highest BCUT2D eigenvalue weighted by Gasteiger charge is 2.20. The molecule has 0 aromatic heterocycles. The first-order valence-electron chi connectivity index (χ1n) is 6.35. The topological polar surface area (TPSA) is 69.6 Å². The minimum Gasteiger partial charge on any atom is -0.394 e. The molecule has 1 saturated heterocycles. The number of hydrogen-bond acceptors (Lipinski definition) is 3. The lowest BCUT2D eigenvalue weighted by Crippen LogP contribution is -2.45. The van der Waals surface area contributed by atoms with Crippen molar-refractivity contribution in [2.24, 2.45) is 0 Å². The second kappa shape index (κ2) is 7.27. The number of aliphatic hydroxyl groups is 1. The van der Waals surface area contributed by atoms with Gasteiger partial charge in [0.25, 0.3) is 0 Å². The van der Waals surface area contributed by atoms with Gasteiger partial charge in [0.15, 0.2) is 0 Å². The third-order valence-electron chi connectivity index (χ3n) is 3.08. The number of aliphatic hydroxyl groups excluding tert-OH is 1. The molecular weight excluding hydrogens is 220 g/mol. The van der Waals surface area contributed by atoms with E-state index in [1.807, 2.05) is 6.92 Å². The van der Waals surface area contributed by atoms with Crippen molar-refractivity contribution in [1.29, 1.82) is 0 Å². The van der Waals surface area contributed by atoms with Gasteiger partial charge in [-0.2, -0.15) is 0 Å². The quantitative estimate of drug-likeness (QED) is 0.727. The minimum absolute atomic E-state index is 0.0593. The maximum atomic E-state index is 11.7. The van der Waals surface area contributed by atoms with Crippen LogP contribution in [0.3, 0.4) is 0 Å². The number of carbonyl (C=O) groups excluding carboxylic acids is 2. The molecule has 17 heavy (non-hydrogen) atoms. The standard InChI is InChI=1S/C12H22N2O3/c1-2-10(9-15)13-11(16)8-14-7-5-3-4-6-12(14)17/h10,15H,2-9H2,1H3,(H,13,16)/t10-/m0/s1. The lowest BCUT2D eigenvalue weighted by atomic mass is 10.2. The normalized spacial score (nSPS) is 18.7. The molecule has 1 atom stereocenters. The molecule has 0 aliphatic carbocycles. The molecule has 0 saturated carbocycles. The van der Waals surface area contributed by atoms with Crippen LogP contribution in [-0.4, -0.2) is 47.6 Å². The molecule has 0 unspecified atom stereocenters. The Morgan fingerprint density at radius 3 is 2.88 bits per heavy atom. The fourth-order valence-electron chi connectivity index (χ4n) is 1.93. The van der Waals surface area contributed by atoms with Crippen molar-refractivity contribution >= 4 is 11.8 Å². The smallest absolute Gasteiger partial charge is 0.239 e. The third kappa shape index (κ3) is 4.73. The molecule has 0 aromatic rings. The van der Waals surface area contributed by atoms with Gasteiger partial charge in [0.2, 0.25) is 11.8 Å². The average Bonchev–Trinajstić information content (AvgIpc) is 2.52. The molecule has 0 bridgehead atoms. The molecule has 0 spiro atoms. The van der Waals surface area contributed by atoms with Gasteiger partial charge in [0.05, 0.1) is 19.2 Å². The van der Waals surface area contributed by atoms with Gasteiger partial charge in [-0.15, -0.1) is 0 Å². The average molecular weight is 242 g/mol. The van der Waals surface area contributed by atoms with Crippen LogP contribution in [0.2, 0.25) is 0 Å². The first-order valence-corrected chi connectivity index (χ1v) is 6.35. The van der Waals surface area contributed by atoms with E-state index in [4.69, 9.17) is 5.11 Å². The van der Waals surface area contributed by atoms with Crippen molar-refractivity contribution in [2.45, 2.75) is 45.1 Å². The van der Waals surface area contributed by atoms with Crippen molar-refractivity contribution in [2.75, 3.05) is 19.7 Å². The van der Waals surface area contributed by atoms with Gasteiger partial charge in [0.1, 0.15) is 0 Å². The number of likely N-dealkylation sites (tertiary alicyclic amines) is 1. The van der Waals surface area contributed by atoms with Crippen LogP contribution in [0.1, 0.15) is 39.0 Å². The molecular formula is C12H22N2O3. The molecule has 5 nitrogen and oxygen atoms in total. The number of nitrogens with one attached hydrogen (secondary N) is 1. The summed E-state index contributed by atoms with van der Waals surface area (Å²) in [5.74, 6) is -0.115. The highest BCUT2D eigenvalue weighted by Crippen LogP contribution is 2.10. The van der Waals surface area contributed by atoms with Gasteiger partial charge in [-0.1, -0.05) is 13.3 Å². The lowest BCUT2D eigenvalue weighted by molar-refractivity contribution is -0.135. The molecule has 1 aliphatic heterocycles. The second-order valence-electron chi connectivity index (χ2n) is 4.48. The molecule has 1 rings (SSSR count). The molecule has 1 heterocycles. The molecule has 0 radical (unpaired) electrons. The lowest BCUT2D eigenvalue weighted by Gasteiger charge is -2.21. The highest BCUT2D eigenvalue weighted by atomic mass is 16.3. The Bertz CT molecular complexity index is 264. The van der Waals surface area contributed by atoms with E-state index in [9.17, 15) is 9.59 Å². The predicted molar refractivity (Wildman–Crippen MR) is 64.4 cm³/mol. The van der Waals surface area contributed by atoms with Crippen molar-refractivity contribution in [3.05, 3.63) is 0 Å². The van der Waals surface area contributed by atoms with Crippen LogP contribution in [0.15, 0.2) is 0 Å². The van der Waals surface area contributed by atoms with E-state index in [-0.39, 0.29) is 31.0 Å². The molecule has 5 heteroatoms. The van der Waals surface area contributed by atoms with E-state index in [1.165, 1.54) is 0 Å². The fraction of sp³-hybridized carbons (Fsp3) is 0.833. The molecule has 1 fully saturated rings. The van der Waals surface area contributed by atoms with E-state index in [0.717, 1.165) is 19.3 Å². The van der Waals surface area contributed by atoms with Gasteiger partial charge < -0.3 is 15.3 Å². The zero-order valence-electron chi connectivity index (χ0n) is 10.4. The number of amides is 2. The molecule has 1 aliphatic rings. The zero-order valence-corrected chi connectivity index (χ0v) is 10.4. The summed E-state index contributed by atoms with van der Waals surface area (Å²) in [4.78, 5) is 25.0. The molecule has 0 aromatic carbocycles. The monoisotopic (exact) mass is 242 g/mol. The summed E-state index contributed by atoms with van der Waals surface area (Å²) in [5, 5.41) is 11.7. The minimum atomic E-state index is -0.204. The van der Waals surface area contributed by atoms with Crippen molar-refractivity contribution in [1.82, 2.24) is 10.2 Å². The SMILES string of the molecule is CC[C@@H](CO)NC(=O)CN1CCCCCC1=O. The summed E-state index contributed by atoms with van der Waals surface area (Å²) in [6, 6.07) is -0.204. The number of carbonyl (C=O) groups is 2. The van der Waals surface area contributed by atoms with E-state index in [2.05, 4.69) is 5.32 Å². The van der Waals surface area contributed by atoms with E-state index in [1.54, 1.807) is 4.90 Å². The Kier molecular flexibility index (Phi) is 5.97. The van der Waals surface area contributed by atoms with Gasteiger partial charge in [-0.3, -0.25) is 9.59 Å². The van der Waals surface area contributed by atoms with Crippen LogP contribution in [0, 0.1) is 0 Å². The maximum absolute atomic E-state index is 11.7. The van der Waals surface area contributed by atoms with Crippen LogP contribution in [0.5, 0.6) is 0 Å². The molecule has 2 N–H and O–H groups in total. The Morgan fingerprint density at radius 1 is 1.47 bits per heavy atom. The van der Waals surface area contributed by atoms with Crippen LogP contribution >= 0.6 is 0 Å². The summed E-state index contributed by atoms with van der Waals surface area (Å²) < 4.78 is 0. The Morgan fingerprint density at radius 2 is 2.24 bits per heavy atom. The van der Waals surface area contributed by atoms with Crippen molar-refractivity contribution < 1.29 is 14.7 Å². The van der Waals surface area contributed by atoms with Crippen LogP contribution in [0.25, 0.3) is 0 Å². The predicted octanol–water partition coefficient (Wildman–Crippen LogP) is 0.276. The van der Waals surface area contributed by atoms with Crippen LogP contribution in [0.4, 0.5) is 0 Å². The Balaban J connectivity index is 2.40. The molecule has 2 amide bonds. The number of rotatable bonds is 5. The summed E-state index contributed by atoms with van der Waals surface area (Å²) >= 11 is 0. The van der Waals surface area contributed by atoms with Gasteiger partial charge >= 0.3 is 0 Å².